The van der Waals surface area contributed by atoms with E-state index in [4.69, 9.17) is 5.73 Å². The van der Waals surface area contributed by atoms with Crippen molar-refractivity contribution in [1.82, 2.24) is 4.90 Å². The topological polar surface area (TPSA) is 29.3 Å². The second-order valence-corrected chi connectivity index (χ2v) is 6.71. The second-order valence-electron chi connectivity index (χ2n) is 5.56. The fraction of sp³-hybridized carbons (Fsp3) is 0.625. The van der Waals surface area contributed by atoms with Crippen molar-refractivity contribution in [3.05, 3.63) is 35.4 Å². The first-order chi connectivity index (χ1) is 9.15. The highest BCUT2D eigenvalue weighted by Crippen LogP contribution is 2.32. The minimum absolute atomic E-state index is 0.205. The fourth-order valence-corrected chi connectivity index (χ4v) is 4.24. The molecule has 1 aliphatic heterocycles. The Kier molecular flexibility index (Phi) is 5.31. The van der Waals surface area contributed by atoms with Crippen LogP contribution in [0.1, 0.15) is 36.9 Å². The van der Waals surface area contributed by atoms with E-state index in [1.807, 2.05) is 0 Å². The molecule has 2 rings (SSSR count). The van der Waals surface area contributed by atoms with Crippen LogP contribution >= 0.6 is 11.8 Å². The molecule has 1 fully saturated rings. The normalized spacial score (nSPS) is 22.7. The Balaban J connectivity index is 2.27. The molecule has 2 nitrogen and oxygen atoms in total. The molecule has 1 aromatic carbocycles. The molecule has 1 heterocycles. The molecule has 0 spiro atoms. The van der Waals surface area contributed by atoms with Crippen LogP contribution in [0.25, 0.3) is 0 Å². The fourth-order valence-electron chi connectivity index (χ4n) is 2.96. The minimum atomic E-state index is 0.205. The third-order valence-corrected chi connectivity index (χ3v) is 5.45. The third-order valence-electron chi connectivity index (χ3n) is 4.30. The molecule has 1 aromatic rings. The van der Waals surface area contributed by atoms with Crippen LogP contribution in [0.2, 0.25) is 0 Å². The Morgan fingerprint density at radius 3 is 2.74 bits per heavy atom. The molecule has 106 valence electrons. The summed E-state index contributed by atoms with van der Waals surface area (Å²) in [7, 11) is 2.25. The van der Waals surface area contributed by atoms with Gasteiger partial charge >= 0.3 is 0 Å². The number of hydrogen-bond acceptors (Lipinski definition) is 3. The predicted octanol–water partition coefficient (Wildman–Crippen LogP) is 3.21. The van der Waals surface area contributed by atoms with Crippen LogP contribution in [0.3, 0.4) is 0 Å². The van der Waals surface area contributed by atoms with Crippen LogP contribution in [-0.2, 0) is 0 Å². The van der Waals surface area contributed by atoms with Crippen molar-refractivity contribution in [1.29, 1.82) is 0 Å². The minimum Gasteiger partial charge on any atom is -0.326 e. The molecular formula is C16H26N2S. The highest BCUT2D eigenvalue weighted by atomic mass is 32.2. The quantitative estimate of drug-likeness (QED) is 0.897. The Hall–Kier alpha value is -0.510. The lowest BCUT2D eigenvalue weighted by Crippen LogP contribution is -2.44. The van der Waals surface area contributed by atoms with E-state index >= 15 is 0 Å². The Morgan fingerprint density at radius 1 is 1.42 bits per heavy atom. The van der Waals surface area contributed by atoms with Crippen molar-refractivity contribution in [3.63, 3.8) is 0 Å². The summed E-state index contributed by atoms with van der Waals surface area (Å²) in [6, 6.07) is 9.91. The summed E-state index contributed by atoms with van der Waals surface area (Å²) in [4.78, 5) is 2.52. The summed E-state index contributed by atoms with van der Waals surface area (Å²) in [5.41, 5.74) is 9.19. The molecule has 3 atom stereocenters. The molecule has 0 aliphatic carbocycles. The number of nitrogens with two attached hydrogens (primary N) is 1. The summed E-state index contributed by atoms with van der Waals surface area (Å²) in [6.07, 6.45) is 2.31. The van der Waals surface area contributed by atoms with E-state index in [0.717, 1.165) is 6.42 Å². The predicted molar refractivity (Wildman–Crippen MR) is 85.7 cm³/mol. The molecular weight excluding hydrogens is 252 g/mol. The van der Waals surface area contributed by atoms with E-state index in [-0.39, 0.29) is 6.04 Å². The zero-order valence-electron chi connectivity index (χ0n) is 12.3. The van der Waals surface area contributed by atoms with Gasteiger partial charge < -0.3 is 5.73 Å². The van der Waals surface area contributed by atoms with Gasteiger partial charge in [0.15, 0.2) is 0 Å². The molecule has 2 N–H and O–H groups in total. The van der Waals surface area contributed by atoms with Gasteiger partial charge in [0.2, 0.25) is 0 Å². The first-order valence-electron chi connectivity index (χ1n) is 7.26. The lowest BCUT2D eigenvalue weighted by atomic mass is 9.92. The summed E-state index contributed by atoms with van der Waals surface area (Å²) < 4.78 is 0. The van der Waals surface area contributed by atoms with Gasteiger partial charge in [-0.05, 0) is 43.7 Å². The van der Waals surface area contributed by atoms with Gasteiger partial charge in [-0.1, -0.05) is 31.2 Å². The van der Waals surface area contributed by atoms with E-state index in [1.165, 1.54) is 29.1 Å². The smallest absolute Gasteiger partial charge is 0.0501 e. The summed E-state index contributed by atoms with van der Waals surface area (Å²) in [6.45, 7) is 4.38. The summed E-state index contributed by atoms with van der Waals surface area (Å²) in [5, 5.41) is 0. The SMILES string of the molecule is CCC(N)C(c1ccccc1C)N(C)C1CCSC1. The van der Waals surface area contributed by atoms with Crippen molar-refractivity contribution in [2.45, 2.75) is 44.8 Å². The lowest BCUT2D eigenvalue weighted by molar-refractivity contribution is 0.161. The Labute approximate surface area is 121 Å². The molecule has 0 bridgehead atoms. The van der Waals surface area contributed by atoms with Crippen LogP contribution in [0.5, 0.6) is 0 Å². The van der Waals surface area contributed by atoms with Gasteiger partial charge in [0.05, 0.1) is 6.04 Å². The molecule has 0 amide bonds. The van der Waals surface area contributed by atoms with E-state index in [2.05, 4.69) is 61.8 Å². The number of aryl methyl sites for hydroxylation is 1. The van der Waals surface area contributed by atoms with E-state index < -0.39 is 0 Å². The average molecular weight is 278 g/mol. The van der Waals surface area contributed by atoms with Gasteiger partial charge in [0.1, 0.15) is 0 Å². The molecule has 3 heteroatoms. The standard InChI is InChI=1S/C16H26N2S/c1-4-15(17)16(14-8-6-5-7-12(14)2)18(3)13-9-10-19-11-13/h5-8,13,15-16H,4,9-11,17H2,1-3H3. The van der Waals surface area contributed by atoms with Crippen LogP contribution < -0.4 is 5.73 Å². The monoisotopic (exact) mass is 278 g/mol. The zero-order chi connectivity index (χ0) is 13.8. The average Bonchev–Trinajstić information content (AvgIpc) is 2.94. The number of nitrogens with zero attached hydrogens (tertiary/aromatic N) is 1. The molecule has 1 aliphatic rings. The van der Waals surface area contributed by atoms with Gasteiger partial charge in [-0.2, -0.15) is 11.8 Å². The van der Waals surface area contributed by atoms with E-state index in [0.29, 0.717) is 12.1 Å². The van der Waals surface area contributed by atoms with Crippen LogP contribution in [0.4, 0.5) is 0 Å². The van der Waals surface area contributed by atoms with Crippen molar-refractivity contribution >= 4 is 11.8 Å². The zero-order valence-corrected chi connectivity index (χ0v) is 13.1. The Morgan fingerprint density at radius 2 is 2.16 bits per heavy atom. The molecule has 19 heavy (non-hydrogen) atoms. The first kappa shape index (κ1) is 14.9. The number of rotatable bonds is 5. The molecule has 0 aromatic heterocycles. The lowest BCUT2D eigenvalue weighted by Gasteiger charge is -2.37. The maximum absolute atomic E-state index is 6.44. The van der Waals surface area contributed by atoms with E-state index in [1.54, 1.807) is 0 Å². The van der Waals surface area contributed by atoms with Crippen molar-refractivity contribution < 1.29 is 0 Å². The summed E-state index contributed by atoms with van der Waals surface area (Å²) >= 11 is 2.06. The highest BCUT2D eigenvalue weighted by molar-refractivity contribution is 7.99. The van der Waals surface area contributed by atoms with Gasteiger partial charge in [-0.25, -0.2) is 0 Å². The largest absolute Gasteiger partial charge is 0.326 e. The van der Waals surface area contributed by atoms with Crippen molar-refractivity contribution in [2.75, 3.05) is 18.6 Å². The number of benzene rings is 1. The van der Waals surface area contributed by atoms with Gasteiger partial charge in [0.25, 0.3) is 0 Å². The van der Waals surface area contributed by atoms with E-state index in [9.17, 15) is 0 Å². The molecule has 0 radical (unpaired) electrons. The molecule has 1 saturated heterocycles. The number of hydrogen-bond donors (Lipinski definition) is 1. The van der Waals surface area contributed by atoms with Gasteiger partial charge in [-0.15, -0.1) is 0 Å². The van der Waals surface area contributed by atoms with Crippen molar-refractivity contribution in [2.24, 2.45) is 5.73 Å². The van der Waals surface area contributed by atoms with Crippen LogP contribution in [0, 0.1) is 6.92 Å². The number of likely N-dealkylation sites (N-methyl/N-ethyl adjacent to an activating group) is 1. The maximum Gasteiger partial charge on any atom is 0.0501 e. The number of thioether (sulfide) groups is 1. The van der Waals surface area contributed by atoms with Crippen LogP contribution in [0.15, 0.2) is 24.3 Å². The van der Waals surface area contributed by atoms with Crippen LogP contribution in [-0.4, -0.2) is 35.5 Å². The summed E-state index contributed by atoms with van der Waals surface area (Å²) in [5.74, 6) is 2.53. The highest BCUT2D eigenvalue weighted by Gasteiger charge is 2.30. The van der Waals surface area contributed by atoms with Gasteiger partial charge in [-0.3, -0.25) is 4.90 Å². The molecule has 3 unspecified atom stereocenters. The molecule has 0 saturated carbocycles. The van der Waals surface area contributed by atoms with Gasteiger partial charge in [0, 0.05) is 17.8 Å². The maximum atomic E-state index is 6.44. The van der Waals surface area contributed by atoms with Crippen molar-refractivity contribution in [3.8, 4) is 0 Å². The second kappa shape index (κ2) is 6.78. The Bertz CT molecular complexity index is 401. The third kappa shape index (κ3) is 3.33. The first-order valence-corrected chi connectivity index (χ1v) is 8.41.